The van der Waals surface area contributed by atoms with Gasteiger partial charge in [-0.15, -0.1) is 11.3 Å². The quantitative estimate of drug-likeness (QED) is 0.872. The molecule has 2 heterocycles. The fourth-order valence-corrected chi connectivity index (χ4v) is 3.21. The number of hydrogen-bond donors (Lipinski definition) is 1. The van der Waals surface area contributed by atoms with Crippen LogP contribution >= 0.6 is 27.3 Å². The van der Waals surface area contributed by atoms with Crippen LogP contribution < -0.4 is 5.32 Å². The van der Waals surface area contributed by atoms with E-state index in [4.69, 9.17) is 0 Å². The Hall–Kier alpha value is -0.940. The van der Waals surface area contributed by atoms with Crippen LogP contribution in [0, 0.1) is 19.7 Å². The van der Waals surface area contributed by atoms with Gasteiger partial charge in [0.05, 0.1) is 6.04 Å². The van der Waals surface area contributed by atoms with Gasteiger partial charge in [-0.25, -0.2) is 9.37 Å². The molecule has 0 bridgehead atoms. The number of thiophene rings is 1. The third-order valence-electron chi connectivity index (χ3n) is 2.71. The van der Waals surface area contributed by atoms with Crippen molar-refractivity contribution < 1.29 is 4.39 Å². The lowest BCUT2D eigenvalue weighted by molar-refractivity contribution is 0.620. The number of aryl methyl sites for hydroxylation is 2. The van der Waals surface area contributed by atoms with Crippen LogP contribution in [0.1, 0.15) is 28.3 Å². The molecule has 2 rings (SSSR count). The summed E-state index contributed by atoms with van der Waals surface area (Å²) in [6.45, 7) is 6.17. The highest BCUT2D eigenvalue weighted by atomic mass is 79.9. The van der Waals surface area contributed by atoms with E-state index in [0.29, 0.717) is 4.47 Å². The van der Waals surface area contributed by atoms with E-state index in [0.717, 1.165) is 0 Å². The van der Waals surface area contributed by atoms with Crippen molar-refractivity contribution >= 4 is 33.1 Å². The normalized spacial score (nSPS) is 12.5. The number of aromatic nitrogens is 1. The first-order chi connectivity index (χ1) is 8.47. The minimum absolute atomic E-state index is 0.0399. The molecule has 0 fully saturated rings. The lowest BCUT2D eigenvalue weighted by Crippen LogP contribution is -2.09. The van der Waals surface area contributed by atoms with E-state index in [1.807, 2.05) is 6.92 Å². The molecule has 1 atom stereocenters. The molecule has 0 aromatic carbocycles. The molecule has 1 N–H and O–H groups in total. The first kappa shape index (κ1) is 13.5. The maximum atomic E-state index is 13.7. The molecular weight excluding hydrogens is 315 g/mol. The van der Waals surface area contributed by atoms with Gasteiger partial charge >= 0.3 is 0 Å². The Balaban J connectivity index is 2.21. The van der Waals surface area contributed by atoms with Crippen molar-refractivity contribution in [2.24, 2.45) is 0 Å². The second-order valence-electron chi connectivity index (χ2n) is 4.22. The summed E-state index contributed by atoms with van der Waals surface area (Å²) in [5.41, 5.74) is 1.20. The summed E-state index contributed by atoms with van der Waals surface area (Å²) in [6, 6.07) is 3.58. The molecule has 1 unspecified atom stereocenters. The molecular formula is C13H14BrFN2S. The molecule has 18 heavy (non-hydrogen) atoms. The van der Waals surface area contributed by atoms with Gasteiger partial charge < -0.3 is 5.32 Å². The van der Waals surface area contributed by atoms with Crippen molar-refractivity contribution in [3.05, 3.63) is 43.9 Å². The van der Waals surface area contributed by atoms with Gasteiger partial charge in [-0.05, 0) is 54.4 Å². The molecule has 5 heteroatoms. The first-order valence-corrected chi connectivity index (χ1v) is 7.23. The molecule has 0 aliphatic heterocycles. The van der Waals surface area contributed by atoms with E-state index in [2.05, 4.69) is 46.1 Å². The van der Waals surface area contributed by atoms with Gasteiger partial charge in [-0.2, -0.15) is 0 Å². The van der Waals surface area contributed by atoms with Gasteiger partial charge in [0.2, 0.25) is 0 Å². The van der Waals surface area contributed by atoms with Crippen molar-refractivity contribution in [1.82, 2.24) is 4.98 Å². The average molecular weight is 329 g/mol. The highest BCUT2D eigenvalue weighted by molar-refractivity contribution is 9.10. The molecule has 0 saturated carbocycles. The third kappa shape index (κ3) is 2.90. The van der Waals surface area contributed by atoms with E-state index in [1.165, 1.54) is 21.4 Å². The number of rotatable bonds is 3. The predicted molar refractivity (Wildman–Crippen MR) is 77.7 cm³/mol. The number of nitrogens with one attached hydrogen (secondary N) is 1. The molecule has 2 aromatic heterocycles. The summed E-state index contributed by atoms with van der Waals surface area (Å²) in [4.78, 5) is 6.57. The standard InChI is InChI=1S/C13H14BrFN2S/c1-7-4-11(9(3)18-7)8(2)17-13-12(15)5-10(14)6-16-13/h4-6,8H,1-3H3,(H,16,17). The number of hydrogen-bond acceptors (Lipinski definition) is 3. The third-order valence-corrected chi connectivity index (χ3v) is 4.12. The molecule has 0 radical (unpaired) electrons. The lowest BCUT2D eigenvalue weighted by Gasteiger charge is -2.15. The summed E-state index contributed by atoms with van der Waals surface area (Å²) in [7, 11) is 0. The van der Waals surface area contributed by atoms with Gasteiger partial charge in [-0.3, -0.25) is 0 Å². The zero-order valence-electron chi connectivity index (χ0n) is 10.4. The van der Waals surface area contributed by atoms with E-state index in [9.17, 15) is 4.39 Å². The van der Waals surface area contributed by atoms with Crippen LogP contribution in [0.5, 0.6) is 0 Å². The van der Waals surface area contributed by atoms with E-state index < -0.39 is 0 Å². The number of pyridine rings is 1. The number of nitrogens with zero attached hydrogens (tertiary/aromatic N) is 1. The Bertz CT molecular complexity index is 568. The van der Waals surface area contributed by atoms with Crippen LogP contribution in [0.3, 0.4) is 0 Å². The summed E-state index contributed by atoms with van der Waals surface area (Å²) in [6.07, 6.45) is 1.59. The first-order valence-electron chi connectivity index (χ1n) is 5.62. The zero-order chi connectivity index (χ0) is 13.3. The second kappa shape index (κ2) is 5.36. The average Bonchev–Trinajstić information content (AvgIpc) is 2.62. The Kier molecular flexibility index (Phi) is 4.02. The van der Waals surface area contributed by atoms with Crippen LogP contribution in [0.15, 0.2) is 22.8 Å². The van der Waals surface area contributed by atoms with Gasteiger partial charge in [0, 0.05) is 20.4 Å². The van der Waals surface area contributed by atoms with E-state index in [1.54, 1.807) is 17.5 Å². The summed E-state index contributed by atoms with van der Waals surface area (Å²) in [5.74, 6) is -0.0604. The van der Waals surface area contributed by atoms with Gasteiger partial charge in [0.15, 0.2) is 11.6 Å². The smallest absolute Gasteiger partial charge is 0.166 e. The fraction of sp³-hybridized carbons (Fsp3) is 0.308. The molecule has 2 nitrogen and oxygen atoms in total. The number of anilines is 1. The number of halogens is 2. The highest BCUT2D eigenvalue weighted by Gasteiger charge is 2.13. The van der Waals surface area contributed by atoms with Crippen LogP contribution in [0.2, 0.25) is 0 Å². The Morgan fingerprint density at radius 1 is 1.39 bits per heavy atom. The van der Waals surface area contributed by atoms with Crippen molar-refractivity contribution in [3.8, 4) is 0 Å². The van der Waals surface area contributed by atoms with Crippen molar-refractivity contribution in [3.63, 3.8) is 0 Å². The van der Waals surface area contributed by atoms with Gasteiger partial charge in [0.1, 0.15) is 0 Å². The van der Waals surface area contributed by atoms with Crippen LogP contribution in [-0.2, 0) is 0 Å². The summed E-state index contributed by atoms with van der Waals surface area (Å²) in [5, 5.41) is 3.11. The monoisotopic (exact) mass is 328 g/mol. The van der Waals surface area contributed by atoms with Crippen LogP contribution in [0.4, 0.5) is 10.2 Å². The van der Waals surface area contributed by atoms with Crippen molar-refractivity contribution in [2.45, 2.75) is 26.8 Å². The summed E-state index contributed by atoms with van der Waals surface area (Å²) >= 11 is 4.95. The maximum Gasteiger partial charge on any atom is 0.166 e. The predicted octanol–water partition coefficient (Wildman–Crippen LogP) is 4.83. The minimum Gasteiger partial charge on any atom is -0.361 e. The maximum absolute atomic E-state index is 13.7. The molecule has 0 aliphatic rings. The molecule has 0 amide bonds. The van der Waals surface area contributed by atoms with Crippen LogP contribution in [-0.4, -0.2) is 4.98 Å². The molecule has 0 aliphatic carbocycles. The van der Waals surface area contributed by atoms with Crippen LogP contribution in [0.25, 0.3) is 0 Å². The second-order valence-corrected chi connectivity index (χ2v) is 6.59. The van der Waals surface area contributed by atoms with Gasteiger partial charge in [0.25, 0.3) is 0 Å². The Labute approximate surface area is 118 Å². The summed E-state index contributed by atoms with van der Waals surface area (Å²) < 4.78 is 14.3. The molecule has 0 spiro atoms. The fourth-order valence-electron chi connectivity index (χ4n) is 1.88. The van der Waals surface area contributed by atoms with E-state index >= 15 is 0 Å². The largest absolute Gasteiger partial charge is 0.361 e. The minimum atomic E-state index is -0.346. The Morgan fingerprint density at radius 3 is 2.67 bits per heavy atom. The molecule has 96 valence electrons. The Morgan fingerprint density at radius 2 is 2.11 bits per heavy atom. The highest BCUT2D eigenvalue weighted by Crippen LogP contribution is 2.29. The molecule has 0 saturated heterocycles. The topological polar surface area (TPSA) is 24.9 Å². The lowest BCUT2D eigenvalue weighted by atomic mass is 10.1. The van der Waals surface area contributed by atoms with Crippen molar-refractivity contribution in [2.75, 3.05) is 5.32 Å². The zero-order valence-corrected chi connectivity index (χ0v) is 12.8. The molecule has 2 aromatic rings. The van der Waals surface area contributed by atoms with Gasteiger partial charge in [-0.1, -0.05) is 0 Å². The van der Waals surface area contributed by atoms with Crippen molar-refractivity contribution in [1.29, 1.82) is 0 Å². The SMILES string of the molecule is Cc1cc(C(C)Nc2ncc(Br)cc2F)c(C)s1. The van der Waals surface area contributed by atoms with E-state index in [-0.39, 0.29) is 17.7 Å².